The molecular formula is C14H15BrF2N2. The van der Waals surface area contributed by atoms with Gasteiger partial charge in [0.05, 0.1) is 11.0 Å². The summed E-state index contributed by atoms with van der Waals surface area (Å²) in [6, 6.07) is 4.00. The van der Waals surface area contributed by atoms with E-state index in [1.807, 2.05) is 18.3 Å². The molecule has 2 nitrogen and oxygen atoms in total. The van der Waals surface area contributed by atoms with Crippen LogP contribution in [0.5, 0.6) is 0 Å². The van der Waals surface area contributed by atoms with Gasteiger partial charge in [0.1, 0.15) is 0 Å². The standard InChI is InChI=1S/C14H15BrF2N2/c15-11-7-13-12(18-8-11)3-6-19(13)9-10-1-4-14(16,17)5-2-10/h3,6-8,10H,1-2,4-5,9H2. The number of rotatable bonds is 2. The number of aromatic nitrogens is 2. The van der Waals surface area contributed by atoms with Crippen molar-refractivity contribution in [1.29, 1.82) is 0 Å². The predicted octanol–water partition coefficient (Wildman–Crippen LogP) is 4.62. The first-order valence-corrected chi connectivity index (χ1v) is 7.31. The van der Waals surface area contributed by atoms with Gasteiger partial charge in [0.2, 0.25) is 5.92 Å². The van der Waals surface area contributed by atoms with E-state index in [-0.39, 0.29) is 12.8 Å². The molecule has 0 atom stereocenters. The van der Waals surface area contributed by atoms with Gasteiger partial charge in [-0.1, -0.05) is 0 Å². The van der Waals surface area contributed by atoms with Crippen LogP contribution in [-0.4, -0.2) is 15.5 Å². The maximum atomic E-state index is 13.1. The largest absolute Gasteiger partial charge is 0.346 e. The van der Waals surface area contributed by atoms with E-state index in [1.165, 1.54) is 0 Å². The molecule has 1 aliphatic carbocycles. The summed E-state index contributed by atoms with van der Waals surface area (Å²) in [5.74, 6) is -2.10. The summed E-state index contributed by atoms with van der Waals surface area (Å²) in [5, 5.41) is 0. The summed E-state index contributed by atoms with van der Waals surface area (Å²) >= 11 is 3.42. The Morgan fingerprint density at radius 1 is 1.37 bits per heavy atom. The molecule has 0 unspecified atom stereocenters. The molecule has 0 aromatic carbocycles. The SMILES string of the molecule is FC1(F)CCC(Cn2ccc3ncc(Br)cc32)CC1. The molecule has 102 valence electrons. The van der Waals surface area contributed by atoms with Crippen molar-refractivity contribution in [3.05, 3.63) is 29.0 Å². The van der Waals surface area contributed by atoms with Gasteiger partial charge in [0.15, 0.2) is 0 Å². The summed E-state index contributed by atoms with van der Waals surface area (Å²) in [4.78, 5) is 4.33. The van der Waals surface area contributed by atoms with E-state index < -0.39 is 5.92 Å². The monoisotopic (exact) mass is 328 g/mol. The number of fused-ring (bicyclic) bond motifs is 1. The molecular weight excluding hydrogens is 314 g/mol. The molecule has 2 heterocycles. The number of hydrogen-bond donors (Lipinski definition) is 0. The van der Waals surface area contributed by atoms with E-state index in [2.05, 4.69) is 25.5 Å². The zero-order valence-electron chi connectivity index (χ0n) is 10.5. The van der Waals surface area contributed by atoms with Crippen LogP contribution < -0.4 is 0 Å². The van der Waals surface area contributed by atoms with Crippen LogP contribution in [0.15, 0.2) is 29.0 Å². The lowest BCUT2D eigenvalue weighted by atomic mass is 9.87. The molecule has 0 spiro atoms. The van der Waals surface area contributed by atoms with Crippen molar-refractivity contribution >= 4 is 27.0 Å². The Morgan fingerprint density at radius 3 is 2.84 bits per heavy atom. The molecule has 2 aromatic heterocycles. The average molecular weight is 329 g/mol. The van der Waals surface area contributed by atoms with E-state index in [0.29, 0.717) is 18.8 Å². The maximum absolute atomic E-state index is 13.1. The fourth-order valence-corrected chi connectivity index (χ4v) is 3.08. The minimum absolute atomic E-state index is 0.0266. The summed E-state index contributed by atoms with van der Waals surface area (Å²) in [6.45, 7) is 0.803. The summed E-state index contributed by atoms with van der Waals surface area (Å²) in [7, 11) is 0. The van der Waals surface area contributed by atoms with E-state index in [1.54, 1.807) is 6.20 Å². The molecule has 0 bridgehead atoms. The number of alkyl halides is 2. The van der Waals surface area contributed by atoms with Crippen molar-refractivity contribution in [2.24, 2.45) is 5.92 Å². The number of pyridine rings is 1. The van der Waals surface area contributed by atoms with Crippen molar-refractivity contribution < 1.29 is 8.78 Å². The number of nitrogens with zero attached hydrogens (tertiary/aromatic N) is 2. The van der Waals surface area contributed by atoms with Crippen LogP contribution in [-0.2, 0) is 6.54 Å². The summed E-state index contributed by atoms with van der Waals surface area (Å²) in [5.41, 5.74) is 2.01. The summed E-state index contributed by atoms with van der Waals surface area (Å²) < 4.78 is 29.3. The molecule has 1 fully saturated rings. The predicted molar refractivity (Wildman–Crippen MR) is 74.3 cm³/mol. The number of hydrogen-bond acceptors (Lipinski definition) is 1. The van der Waals surface area contributed by atoms with Crippen LogP contribution in [0.1, 0.15) is 25.7 Å². The second-order valence-corrected chi connectivity index (χ2v) is 6.24. The lowest BCUT2D eigenvalue weighted by molar-refractivity contribution is -0.0472. The van der Waals surface area contributed by atoms with Gasteiger partial charge >= 0.3 is 0 Å². The molecule has 5 heteroatoms. The van der Waals surface area contributed by atoms with E-state index >= 15 is 0 Å². The third-order valence-corrected chi connectivity index (χ3v) is 4.31. The molecule has 19 heavy (non-hydrogen) atoms. The fourth-order valence-electron chi connectivity index (χ4n) is 2.76. The fraction of sp³-hybridized carbons (Fsp3) is 0.500. The highest BCUT2D eigenvalue weighted by Crippen LogP contribution is 2.37. The molecule has 3 rings (SSSR count). The highest BCUT2D eigenvalue weighted by molar-refractivity contribution is 9.10. The zero-order valence-corrected chi connectivity index (χ0v) is 12.0. The van der Waals surface area contributed by atoms with Gasteiger partial charge in [-0.15, -0.1) is 0 Å². The molecule has 0 amide bonds. The van der Waals surface area contributed by atoms with Crippen LogP contribution in [0, 0.1) is 5.92 Å². The van der Waals surface area contributed by atoms with Gasteiger partial charge in [-0.25, -0.2) is 8.78 Å². The zero-order chi connectivity index (χ0) is 13.5. The Morgan fingerprint density at radius 2 is 2.11 bits per heavy atom. The quantitative estimate of drug-likeness (QED) is 0.786. The van der Waals surface area contributed by atoms with Crippen molar-refractivity contribution in [1.82, 2.24) is 9.55 Å². The van der Waals surface area contributed by atoms with Gasteiger partial charge in [-0.05, 0) is 46.8 Å². The lowest BCUT2D eigenvalue weighted by Crippen LogP contribution is -2.26. The van der Waals surface area contributed by atoms with E-state index in [9.17, 15) is 8.78 Å². The Labute approximate surface area is 118 Å². The van der Waals surface area contributed by atoms with Crippen molar-refractivity contribution in [2.45, 2.75) is 38.2 Å². The van der Waals surface area contributed by atoms with Crippen LogP contribution in [0.25, 0.3) is 11.0 Å². The molecule has 0 saturated heterocycles. The minimum Gasteiger partial charge on any atom is -0.346 e. The Kier molecular flexibility index (Phi) is 3.33. The molecule has 1 aliphatic rings. The molecule has 0 radical (unpaired) electrons. The summed E-state index contributed by atoms with van der Waals surface area (Å²) in [6.07, 6.45) is 5.03. The normalized spacial score (nSPS) is 19.9. The molecule has 1 saturated carbocycles. The second kappa shape index (κ2) is 4.85. The first-order valence-electron chi connectivity index (χ1n) is 6.52. The average Bonchev–Trinajstić information content (AvgIpc) is 2.75. The smallest absolute Gasteiger partial charge is 0.248 e. The van der Waals surface area contributed by atoms with Crippen molar-refractivity contribution in [3.8, 4) is 0 Å². The second-order valence-electron chi connectivity index (χ2n) is 5.33. The highest BCUT2D eigenvalue weighted by Gasteiger charge is 2.34. The van der Waals surface area contributed by atoms with Crippen LogP contribution in [0.2, 0.25) is 0 Å². The van der Waals surface area contributed by atoms with Gasteiger partial charge < -0.3 is 4.57 Å². The Hall–Kier alpha value is -0.970. The number of halogens is 3. The Balaban J connectivity index is 1.77. The van der Waals surface area contributed by atoms with Gasteiger partial charge in [0.25, 0.3) is 0 Å². The molecule has 0 N–H and O–H groups in total. The molecule has 0 aliphatic heterocycles. The first kappa shape index (κ1) is 13.0. The third kappa shape index (κ3) is 2.81. The van der Waals surface area contributed by atoms with Crippen LogP contribution in [0.4, 0.5) is 8.78 Å². The molecule has 2 aromatic rings. The van der Waals surface area contributed by atoms with Crippen molar-refractivity contribution in [3.63, 3.8) is 0 Å². The van der Waals surface area contributed by atoms with Gasteiger partial charge in [-0.2, -0.15) is 0 Å². The van der Waals surface area contributed by atoms with Crippen LogP contribution in [0.3, 0.4) is 0 Å². The van der Waals surface area contributed by atoms with E-state index in [0.717, 1.165) is 22.1 Å². The van der Waals surface area contributed by atoms with Crippen LogP contribution >= 0.6 is 15.9 Å². The van der Waals surface area contributed by atoms with Gasteiger partial charge in [0, 0.05) is 36.3 Å². The minimum atomic E-state index is -2.44. The first-order chi connectivity index (χ1) is 9.03. The lowest BCUT2D eigenvalue weighted by Gasteiger charge is -2.28. The Bertz CT molecular complexity index is 584. The van der Waals surface area contributed by atoms with E-state index in [4.69, 9.17) is 0 Å². The van der Waals surface area contributed by atoms with Gasteiger partial charge in [-0.3, -0.25) is 4.98 Å². The topological polar surface area (TPSA) is 17.8 Å². The highest BCUT2D eigenvalue weighted by atomic mass is 79.9. The maximum Gasteiger partial charge on any atom is 0.248 e. The third-order valence-electron chi connectivity index (χ3n) is 3.88. The van der Waals surface area contributed by atoms with Crippen molar-refractivity contribution in [2.75, 3.05) is 0 Å².